The van der Waals surface area contributed by atoms with E-state index in [1.54, 1.807) is 25.1 Å². The molecule has 0 saturated heterocycles. The average molecular weight is 517 g/mol. The largest absolute Gasteiger partial charge is 0.455 e. The maximum atomic E-state index is 12.4. The van der Waals surface area contributed by atoms with Crippen molar-refractivity contribution in [3.05, 3.63) is 50.6 Å². The van der Waals surface area contributed by atoms with Gasteiger partial charge < -0.3 is 10.5 Å². The fourth-order valence-electron chi connectivity index (χ4n) is 1.98. The zero-order valence-electron chi connectivity index (χ0n) is 14.1. The van der Waals surface area contributed by atoms with E-state index < -0.39 is 10.0 Å². The maximum Gasteiger partial charge on any atom is 0.284 e. The maximum absolute atomic E-state index is 12.4. The molecule has 0 aromatic heterocycles. The molecule has 0 saturated carbocycles. The Hall–Kier alpha value is -2.16. The van der Waals surface area contributed by atoms with Crippen molar-refractivity contribution in [2.24, 2.45) is 15.1 Å². The van der Waals surface area contributed by atoms with E-state index in [0.717, 1.165) is 9.91 Å². The molecule has 0 aliphatic carbocycles. The standard InChI is InChI=1S/C17H14ClIN4O3S/c1-2-17(22-10-21)23-27(24,25)13-4-6-15(11(7-13)9-20)26-16-5-3-12(18)8-14(16)19/h3-8,10H,2H2,1H3,(H2,21,22,23). The topological polar surface area (TPSA) is 118 Å². The molecule has 2 N–H and O–H groups in total. The first kappa shape index (κ1) is 21.1. The van der Waals surface area contributed by atoms with Crippen molar-refractivity contribution in [2.75, 3.05) is 0 Å². The number of hydrogen-bond donors (Lipinski definition) is 1. The lowest BCUT2D eigenvalue weighted by molar-refractivity contribution is 0.477. The lowest BCUT2D eigenvalue weighted by Crippen LogP contribution is -2.05. The van der Waals surface area contributed by atoms with Gasteiger partial charge in [-0.1, -0.05) is 18.5 Å². The van der Waals surface area contributed by atoms with Gasteiger partial charge in [0.25, 0.3) is 10.0 Å². The number of aliphatic imine (C=N–C) groups is 1. The van der Waals surface area contributed by atoms with Crippen LogP contribution in [0.25, 0.3) is 0 Å². The summed E-state index contributed by atoms with van der Waals surface area (Å²) in [6.45, 7) is 1.70. The zero-order chi connectivity index (χ0) is 20.0. The van der Waals surface area contributed by atoms with E-state index in [1.807, 2.05) is 6.07 Å². The van der Waals surface area contributed by atoms with E-state index in [0.29, 0.717) is 10.8 Å². The van der Waals surface area contributed by atoms with Crippen LogP contribution < -0.4 is 10.5 Å². The van der Waals surface area contributed by atoms with Crippen LogP contribution in [0.5, 0.6) is 11.5 Å². The molecule has 10 heteroatoms. The van der Waals surface area contributed by atoms with Crippen LogP contribution in [0.15, 0.2) is 50.7 Å². The van der Waals surface area contributed by atoms with Crippen LogP contribution in [0.1, 0.15) is 18.9 Å². The van der Waals surface area contributed by atoms with Crippen LogP contribution in [0, 0.1) is 14.9 Å². The van der Waals surface area contributed by atoms with Gasteiger partial charge in [-0.3, -0.25) is 0 Å². The summed E-state index contributed by atoms with van der Waals surface area (Å²) in [7, 11) is -4.04. The van der Waals surface area contributed by atoms with E-state index in [2.05, 4.69) is 32.0 Å². The summed E-state index contributed by atoms with van der Waals surface area (Å²) in [5, 5.41) is 9.94. The number of nitrogens with two attached hydrogens (primary N) is 1. The molecule has 0 atom stereocenters. The van der Waals surface area contributed by atoms with Crippen molar-refractivity contribution in [1.82, 2.24) is 0 Å². The summed E-state index contributed by atoms with van der Waals surface area (Å²) in [6.07, 6.45) is 1.26. The highest BCUT2D eigenvalue weighted by atomic mass is 127. The summed E-state index contributed by atoms with van der Waals surface area (Å²) in [5.74, 6) is 0.777. The summed E-state index contributed by atoms with van der Waals surface area (Å²) >= 11 is 7.97. The van der Waals surface area contributed by atoms with Crippen LogP contribution in [0.2, 0.25) is 5.02 Å². The van der Waals surface area contributed by atoms with Crippen molar-refractivity contribution < 1.29 is 13.2 Å². The minimum Gasteiger partial charge on any atom is -0.455 e. The number of halogens is 2. The fourth-order valence-corrected chi connectivity index (χ4v) is 4.03. The molecule has 2 aromatic rings. The Morgan fingerprint density at radius 1 is 1.33 bits per heavy atom. The highest BCUT2D eigenvalue weighted by molar-refractivity contribution is 14.1. The molecule has 0 fully saturated rings. The number of sulfonamides is 1. The second kappa shape index (κ2) is 9.16. The van der Waals surface area contributed by atoms with Crippen molar-refractivity contribution >= 4 is 56.4 Å². The molecule has 2 rings (SSSR count). The molecule has 7 nitrogen and oxygen atoms in total. The predicted molar refractivity (Wildman–Crippen MR) is 113 cm³/mol. The number of rotatable bonds is 5. The first-order chi connectivity index (χ1) is 12.8. The van der Waals surface area contributed by atoms with Crippen LogP contribution in [0.3, 0.4) is 0 Å². The Morgan fingerprint density at radius 2 is 2.04 bits per heavy atom. The molecule has 0 aliphatic heterocycles. The third kappa shape index (κ3) is 5.41. The number of hydrogen-bond acceptors (Lipinski definition) is 4. The predicted octanol–water partition coefficient (Wildman–Crippen LogP) is 4.09. The average Bonchev–Trinajstić information content (AvgIpc) is 2.63. The molecule has 27 heavy (non-hydrogen) atoms. The molecule has 0 heterocycles. The third-order valence-corrected chi connectivity index (χ3v) is 5.63. The Morgan fingerprint density at radius 3 is 2.63 bits per heavy atom. The molecule has 0 radical (unpaired) electrons. The van der Waals surface area contributed by atoms with Gasteiger partial charge >= 0.3 is 0 Å². The monoisotopic (exact) mass is 516 g/mol. The van der Waals surface area contributed by atoms with Crippen molar-refractivity contribution in [1.29, 1.82) is 5.26 Å². The minimum absolute atomic E-state index is 0.0531. The van der Waals surface area contributed by atoms with Gasteiger partial charge in [0.05, 0.1) is 20.4 Å². The van der Waals surface area contributed by atoms with Gasteiger partial charge in [-0.2, -0.15) is 13.7 Å². The molecule has 140 valence electrons. The summed E-state index contributed by atoms with van der Waals surface area (Å²) in [4.78, 5) is 3.57. The Bertz CT molecular complexity index is 1060. The van der Waals surface area contributed by atoms with E-state index in [1.165, 1.54) is 18.2 Å². The smallest absolute Gasteiger partial charge is 0.284 e. The number of nitrogens with zero attached hydrogens (tertiary/aromatic N) is 3. The highest BCUT2D eigenvalue weighted by Crippen LogP contribution is 2.32. The first-order valence-electron chi connectivity index (χ1n) is 7.56. The molecule has 2 aromatic carbocycles. The summed E-state index contributed by atoms with van der Waals surface area (Å²) in [5.41, 5.74) is 5.24. The molecule has 0 bridgehead atoms. The van der Waals surface area contributed by atoms with Gasteiger partial charge in [0.2, 0.25) is 0 Å². The number of amidine groups is 1. The van der Waals surface area contributed by atoms with Gasteiger partial charge in [-0.15, -0.1) is 4.40 Å². The number of benzene rings is 2. The van der Waals surface area contributed by atoms with Crippen molar-refractivity contribution in [2.45, 2.75) is 18.2 Å². The van der Waals surface area contributed by atoms with Crippen molar-refractivity contribution in [3.8, 4) is 17.6 Å². The SMILES string of the molecule is CCC(N=CN)=NS(=O)(=O)c1ccc(Oc2ccc(Cl)cc2I)c(C#N)c1. The normalized spacial score (nSPS) is 12.1. The Kier molecular flexibility index (Phi) is 7.18. The van der Waals surface area contributed by atoms with Gasteiger partial charge in [0.15, 0.2) is 0 Å². The fraction of sp³-hybridized carbons (Fsp3) is 0.118. The second-order valence-electron chi connectivity index (χ2n) is 5.06. The molecule has 0 unspecified atom stereocenters. The van der Waals surface area contributed by atoms with E-state index in [-0.39, 0.29) is 28.5 Å². The van der Waals surface area contributed by atoms with Crippen LogP contribution in [0.4, 0.5) is 0 Å². The molecule has 0 amide bonds. The molecule has 0 aliphatic rings. The molecular formula is C17H14ClIN4O3S. The second-order valence-corrected chi connectivity index (χ2v) is 8.26. The van der Waals surface area contributed by atoms with Crippen LogP contribution in [-0.2, 0) is 10.0 Å². The summed E-state index contributed by atoms with van der Waals surface area (Å²) in [6, 6.07) is 10.9. The van der Waals surface area contributed by atoms with Crippen LogP contribution in [-0.4, -0.2) is 20.6 Å². The van der Waals surface area contributed by atoms with Gasteiger partial charge in [0.1, 0.15) is 23.4 Å². The van der Waals surface area contributed by atoms with Gasteiger partial charge in [0, 0.05) is 11.4 Å². The number of ether oxygens (including phenoxy) is 1. The Labute approximate surface area is 175 Å². The highest BCUT2D eigenvalue weighted by Gasteiger charge is 2.17. The van der Waals surface area contributed by atoms with Gasteiger partial charge in [-0.05, 0) is 59.0 Å². The molecular weight excluding hydrogens is 503 g/mol. The lowest BCUT2D eigenvalue weighted by atomic mass is 10.2. The van der Waals surface area contributed by atoms with Crippen LogP contribution >= 0.6 is 34.2 Å². The lowest BCUT2D eigenvalue weighted by Gasteiger charge is -2.10. The molecule has 0 spiro atoms. The van der Waals surface area contributed by atoms with Gasteiger partial charge in [-0.25, -0.2) is 4.99 Å². The summed E-state index contributed by atoms with van der Waals surface area (Å²) < 4.78 is 35.0. The van der Waals surface area contributed by atoms with E-state index in [9.17, 15) is 13.7 Å². The van der Waals surface area contributed by atoms with E-state index >= 15 is 0 Å². The third-order valence-electron chi connectivity index (χ3n) is 3.25. The quantitative estimate of drug-likeness (QED) is 0.365. The van der Waals surface area contributed by atoms with E-state index in [4.69, 9.17) is 22.1 Å². The zero-order valence-corrected chi connectivity index (χ0v) is 17.8. The number of nitriles is 1. The minimum atomic E-state index is -4.04. The first-order valence-corrected chi connectivity index (χ1v) is 10.5. The van der Waals surface area contributed by atoms with Crippen molar-refractivity contribution in [3.63, 3.8) is 0 Å². The Balaban J connectivity index is 2.43.